The lowest BCUT2D eigenvalue weighted by Crippen LogP contribution is -2.35. The van der Waals surface area contributed by atoms with Gasteiger partial charge in [-0.15, -0.1) is 0 Å². The van der Waals surface area contributed by atoms with Crippen molar-refractivity contribution in [1.29, 1.82) is 0 Å². The summed E-state index contributed by atoms with van der Waals surface area (Å²) in [6, 6.07) is 0. The van der Waals surface area contributed by atoms with Crippen LogP contribution in [0.1, 0.15) is 32.6 Å². The Morgan fingerprint density at radius 2 is 2.00 bits per heavy atom. The summed E-state index contributed by atoms with van der Waals surface area (Å²) >= 11 is 0. The third kappa shape index (κ3) is 2.37. The molecule has 2 nitrogen and oxygen atoms in total. The molecule has 0 aromatic heterocycles. The average Bonchev–Trinajstić information content (AvgIpc) is 2.19. The molecule has 0 bridgehead atoms. The van der Waals surface area contributed by atoms with E-state index in [4.69, 9.17) is 0 Å². The molecule has 2 N–H and O–H groups in total. The van der Waals surface area contributed by atoms with E-state index in [1.165, 1.54) is 31.3 Å². The molecule has 0 saturated heterocycles. The molecule has 1 aliphatic heterocycles. The van der Waals surface area contributed by atoms with Crippen LogP contribution in [0.15, 0.2) is 11.6 Å². The van der Waals surface area contributed by atoms with Gasteiger partial charge in [-0.2, -0.15) is 0 Å². The Balaban J connectivity index is 1.94. The molecule has 0 amide bonds. The zero-order chi connectivity index (χ0) is 9.97. The van der Waals surface area contributed by atoms with Gasteiger partial charge in [0.1, 0.15) is 0 Å². The van der Waals surface area contributed by atoms with Gasteiger partial charge in [0.2, 0.25) is 0 Å². The molecule has 14 heavy (non-hydrogen) atoms. The van der Waals surface area contributed by atoms with Crippen LogP contribution in [-0.4, -0.2) is 24.3 Å². The highest BCUT2D eigenvalue weighted by Gasteiger charge is 2.23. The van der Waals surface area contributed by atoms with Crippen LogP contribution in [-0.2, 0) is 0 Å². The van der Waals surface area contributed by atoms with Crippen molar-refractivity contribution >= 4 is 0 Å². The van der Waals surface area contributed by atoms with Crippen molar-refractivity contribution in [3.63, 3.8) is 0 Å². The first kappa shape index (κ1) is 10.2. The fourth-order valence-electron chi connectivity index (χ4n) is 2.64. The fraction of sp³-hybridized carbons (Fsp3) is 0.833. The van der Waals surface area contributed by atoms with Gasteiger partial charge in [-0.25, -0.2) is 0 Å². The lowest BCUT2D eigenvalue weighted by molar-refractivity contribution is 0.207. The van der Waals surface area contributed by atoms with Gasteiger partial charge in [0.05, 0.1) is 6.10 Å². The lowest BCUT2D eigenvalue weighted by Gasteiger charge is -2.31. The van der Waals surface area contributed by atoms with Crippen molar-refractivity contribution in [3.05, 3.63) is 11.6 Å². The summed E-state index contributed by atoms with van der Waals surface area (Å²) in [4.78, 5) is 0. The Morgan fingerprint density at radius 1 is 1.29 bits per heavy atom. The topological polar surface area (TPSA) is 32.3 Å². The van der Waals surface area contributed by atoms with Crippen LogP contribution in [0.25, 0.3) is 0 Å². The van der Waals surface area contributed by atoms with Crippen LogP contribution in [0.5, 0.6) is 0 Å². The highest BCUT2D eigenvalue weighted by atomic mass is 16.3. The monoisotopic (exact) mass is 195 g/mol. The number of β-amino-alcohol motifs (C(OH)–C–C–N with tert-alkyl or cyclic N) is 1. The number of rotatable bonds is 1. The average molecular weight is 195 g/mol. The Labute approximate surface area is 86.4 Å². The second kappa shape index (κ2) is 4.45. The van der Waals surface area contributed by atoms with Crippen LogP contribution < -0.4 is 5.32 Å². The quantitative estimate of drug-likeness (QED) is 0.624. The summed E-state index contributed by atoms with van der Waals surface area (Å²) in [5, 5.41) is 12.8. The summed E-state index contributed by atoms with van der Waals surface area (Å²) < 4.78 is 0. The molecular formula is C12H21NO. The predicted octanol–water partition coefficient (Wildman–Crippen LogP) is 1.70. The molecule has 1 heterocycles. The van der Waals surface area contributed by atoms with Crippen molar-refractivity contribution < 1.29 is 5.11 Å². The molecule has 2 rings (SSSR count). The standard InChI is InChI=1S/C12H21NO/c1-9-2-4-10(5-3-9)11-6-12(14)8-13-7-11/h6,9-10,12-14H,2-5,7-8H2,1H3. The highest BCUT2D eigenvalue weighted by molar-refractivity contribution is 5.15. The normalized spacial score (nSPS) is 39.3. The maximum Gasteiger partial charge on any atom is 0.0848 e. The van der Waals surface area contributed by atoms with E-state index in [1.54, 1.807) is 0 Å². The van der Waals surface area contributed by atoms with Gasteiger partial charge in [-0.1, -0.05) is 31.4 Å². The Bertz CT molecular complexity index is 216. The summed E-state index contributed by atoms with van der Waals surface area (Å²) in [6.07, 6.45) is 7.19. The van der Waals surface area contributed by atoms with Crippen LogP contribution in [0.4, 0.5) is 0 Å². The van der Waals surface area contributed by atoms with Crippen LogP contribution >= 0.6 is 0 Å². The summed E-state index contributed by atoms with van der Waals surface area (Å²) in [5.74, 6) is 1.65. The van der Waals surface area contributed by atoms with Crippen molar-refractivity contribution in [3.8, 4) is 0 Å². The first-order valence-corrected chi connectivity index (χ1v) is 5.85. The minimum Gasteiger partial charge on any atom is -0.388 e. The van der Waals surface area contributed by atoms with Gasteiger partial charge in [0, 0.05) is 13.1 Å². The second-order valence-electron chi connectivity index (χ2n) is 4.90. The van der Waals surface area contributed by atoms with E-state index in [2.05, 4.69) is 18.3 Å². The molecule has 2 heteroatoms. The Morgan fingerprint density at radius 3 is 2.64 bits per heavy atom. The van der Waals surface area contributed by atoms with Crippen molar-refractivity contribution in [1.82, 2.24) is 5.32 Å². The maximum atomic E-state index is 9.52. The Kier molecular flexibility index (Phi) is 3.24. The van der Waals surface area contributed by atoms with E-state index in [-0.39, 0.29) is 6.10 Å². The molecule has 1 saturated carbocycles. The second-order valence-corrected chi connectivity index (χ2v) is 4.90. The molecule has 0 aromatic carbocycles. The number of aliphatic hydroxyl groups excluding tert-OH is 1. The minimum absolute atomic E-state index is 0.252. The van der Waals surface area contributed by atoms with Gasteiger partial charge < -0.3 is 10.4 Å². The first-order chi connectivity index (χ1) is 6.75. The predicted molar refractivity (Wildman–Crippen MR) is 58.1 cm³/mol. The van der Waals surface area contributed by atoms with E-state index in [9.17, 15) is 5.11 Å². The van der Waals surface area contributed by atoms with Crippen molar-refractivity contribution in [2.75, 3.05) is 13.1 Å². The number of nitrogens with one attached hydrogen (secondary N) is 1. The largest absolute Gasteiger partial charge is 0.388 e. The van der Waals surface area contributed by atoms with Gasteiger partial charge in [-0.3, -0.25) is 0 Å². The van der Waals surface area contributed by atoms with E-state index >= 15 is 0 Å². The van der Waals surface area contributed by atoms with Crippen molar-refractivity contribution in [2.24, 2.45) is 11.8 Å². The zero-order valence-corrected chi connectivity index (χ0v) is 9.00. The third-order valence-electron chi connectivity index (χ3n) is 3.63. The van der Waals surface area contributed by atoms with E-state index in [0.29, 0.717) is 0 Å². The molecule has 1 aliphatic carbocycles. The first-order valence-electron chi connectivity index (χ1n) is 5.85. The molecule has 2 aliphatic rings. The Hall–Kier alpha value is -0.340. The number of aliphatic hydroxyl groups is 1. The van der Waals surface area contributed by atoms with Gasteiger partial charge in [-0.05, 0) is 24.7 Å². The van der Waals surface area contributed by atoms with Gasteiger partial charge in [0.25, 0.3) is 0 Å². The van der Waals surface area contributed by atoms with E-state index in [0.717, 1.165) is 24.9 Å². The SMILES string of the molecule is CC1CCC(C2=CC(O)CNC2)CC1. The molecule has 80 valence electrons. The smallest absolute Gasteiger partial charge is 0.0848 e. The van der Waals surface area contributed by atoms with Gasteiger partial charge >= 0.3 is 0 Å². The summed E-state index contributed by atoms with van der Waals surface area (Å²) in [5.41, 5.74) is 1.45. The van der Waals surface area contributed by atoms with Crippen molar-refractivity contribution in [2.45, 2.75) is 38.7 Å². The summed E-state index contributed by atoms with van der Waals surface area (Å²) in [6.45, 7) is 4.07. The third-order valence-corrected chi connectivity index (χ3v) is 3.63. The fourth-order valence-corrected chi connectivity index (χ4v) is 2.64. The molecular weight excluding hydrogens is 174 g/mol. The molecule has 1 unspecified atom stereocenters. The number of hydrogen-bond donors (Lipinski definition) is 2. The van der Waals surface area contributed by atoms with E-state index < -0.39 is 0 Å². The van der Waals surface area contributed by atoms with Crippen LogP contribution in [0, 0.1) is 11.8 Å². The van der Waals surface area contributed by atoms with Crippen LogP contribution in [0.2, 0.25) is 0 Å². The molecule has 0 spiro atoms. The number of hydrogen-bond acceptors (Lipinski definition) is 2. The minimum atomic E-state index is -0.252. The lowest BCUT2D eigenvalue weighted by atomic mass is 9.78. The molecule has 1 fully saturated rings. The highest BCUT2D eigenvalue weighted by Crippen LogP contribution is 2.33. The molecule has 0 aromatic rings. The molecule has 0 radical (unpaired) electrons. The zero-order valence-electron chi connectivity index (χ0n) is 9.00. The van der Waals surface area contributed by atoms with Gasteiger partial charge in [0.15, 0.2) is 0 Å². The van der Waals surface area contributed by atoms with E-state index in [1.807, 2.05) is 0 Å². The molecule has 1 atom stereocenters. The summed E-state index contributed by atoms with van der Waals surface area (Å²) in [7, 11) is 0. The maximum absolute atomic E-state index is 9.52. The van der Waals surface area contributed by atoms with Crippen LogP contribution in [0.3, 0.4) is 0 Å².